The van der Waals surface area contributed by atoms with Crippen molar-refractivity contribution in [3.8, 4) is 0 Å². The molecule has 0 aliphatic rings. The first kappa shape index (κ1) is 26.1. The number of carbonyl (C=O) groups excluding carboxylic acids is 1. The second kappa shape index (κ2) is 10.0. The Morgan fingerprint density at radius 2 is 1.54 bits per heavy atom. The Morgan fingerprint density at radius 1 is 0.886 bits per heavy atom. The molecule has 35 heavy (non-hydrogen) atoms. The van der Waals surface area contributed by atoms with Gasteiger partial charge >= 0.3 is 0 Å². The van der Waals surface area contributed by atoms with Gasteiger partial charge in [-0.1, -0.05) is 12.1 Å². The molecule has 0 spiro atoms. The van der Waals surface area contributed by atoms with Gasteiger partial charge in [-0.05, 0) is 67.4 Å². The summed E-state index contributed by atoms with van der Waals surface area (Å²) in [5.74, 6) is -3.19. The molecule has 0 fully saturated rings. The number of carbonyl (C=O) groups is 1. The minimum Gasteiger partial charge on any atom is -0.325 e. The van der Waals surface area contributed by atoms with Crippen LogP contribution in [0.1, 0.15) is 11.1 Å². The summed E-state index contributed by atoms with van der Waals surface area (Å²) < 4.78 is 79.7. The van der Waals surface area contributed by atoms with Crippen LogP contribution in [0.4, 0.5) is 25.8 Å². The molecule has 3 aromatic carbocycles. The SMILES string of the molecule is Cc1ccc(C)c(NS(=O)(=O)c2ccc(NC(=O)CN(c3ccc(F)c(F)c3)S(C)(=O)=O)cc2)c1. The third-order valence-electron chi connectivity index (χ3n) is 4.96. The average molecular weight is 524 g/mol. The summed E-state index contributed by atoms with van der Waals surface area (Å²) in [4.78, 5) is 12.4. The fourth-order valence-electron chi connectivity index (χ4n) is 3.14. The van der Waals surface area contributed by atoms with E-state index in [1.54, 1.807) is 19.1 Å². The van der Waals surface area contributed by atoms with Gasteiger partial charge in [0, 0.05) is 11.8 Å². The Morgan fingerprint density at radius 3 is 2.14 bits per heavy atom. The van der Waals surface area contributed by atoms with E-state index in [1.807, 2.05) is 13.0 Å². The molecular formula is C23H23F2N3O5S2. The van der Waals surface area contributed by atoms with Gasteiger partial charge < -0.3 is 5.32 Å². The van der Waals surface area contributed by atoms with Gasteiger partial charge in [0.2, 0.25) is 15.9 Å². The molecule has 0 heterocycles. The predicted octanol–water partition coefficient (Wildman–Crippen LogP) is 3.79. The molecule has 3 aromatic rings. The van der Waals surface area contributed by atoms with Gasteiger partial charge in [-0.2, -0.15) is 0 Å². The van der Waals surface area contributed by atoms with Crippen LogP contribution < -0.4 is 14.3 Å². The lowest BCUT2D eigenvalue weighted by Gasteiger charge is -2.22. The van der Waals surface area contributed by atoms with Crippen LogP contribution in [0, 0.1) is 25.5 Å². The van der Waals surface area contributed by atoms with Crippen LogP contribution in [0.5, 0.6) is 0 Å². The molecule has 0 bridgehead atoms. The van der Waals surface area contributed by atoms with Crippen LogP contribution >= 0.6 is 0 Å². The zero-order chi connectivity index (χ0) is 26.0. The molecule has 0 aliphatic heterocycles. The first-order valence-electron chi connectivity index (χ1n) is 10.2. The van der Waals surface area contributed by atoms with Crippen molar-refractivity contribution in [1.29, 1.82) is 0 Å². The number of sulfonamides is 2. The van der Waals surface area contributed by atoms with Crippen molar-refractivity contribution in [3.63, 3.8) is 0 Å². The predicted molar refractivity (Wildman–Crippen MR) is 130 cm³/mol. The van der Waals surface area contributed by atoms with Crippen molar-refractivity contribution in [2.45, 2.75) is 18.7 Å². The quantitative estimate of drug-likeness (QED) is 0.467. The van der Waals surface area contributed by atoms with Crippen molar-refractivity contribution < 1.29 is 30.4 Å². The minimum absolute atomic E-state index is 0.0454. The number of rotatable bonds is 8. The van der Waals surface area contributed by atoms with Crippen molar-refractivity contribution in [2.24, 2.45) is 0 Å². The number of nitrogens with zero attached hydrogens (tertiary/aromatic N) is 1. The Hall–Kier alpha value is -3.51. The van der Waals surface area contributed by atoms with Crippen LogP contribution in [0.2, 0.25) is 0 Å². The highest BCUT2D eigenvalue weighted by Crippen LogP contribution is 2.23. The van der Waals surface area contributed by atoms with Crippen LogP contribution in [0.15, 0.2) is 65.6 Å². The fraction of sp³-hybridized carbons (Fsp3) is 0.174. The highest BCUT2D eigenvalue weighted by atomic mass is 32.2. The largest absolute Gasteiger partial charge is 0.325 e. The Kier molecular flexibility index (Phi) is 7.46. The van der Waals surface area contributed by atoms with Crippen LogP contribution in [-0.2, 0) is 24.8 Å². The lowest BCUT2D eigenvalue weighted by molar-refractivity contribution is -0.114. The van der Waals surface area contributed by atoms with E-state index in [4.69, 9.17) is 0 Å². The van der Waals surface area contributed by atoms with E-state index in [1.165, 1.54) is 24.3 Å². The van der Waals surface area contributed by atoms with Gasteiger partial charge in [0.25, 0.3) is 10.0 Å². The molecule has 12 heteroatoms. The smallest absolute Gasteiger partial charge is 0.261 e. The van der Waals surface area contributed by atoms with Crippen molar-refractivity contribution in [1.82, 2.24) is 0 Å². The van der Waals surface area contributed by atoms with Crippen molar-refractivity contribution >= 4 is 43.0 Å². The third-order valence-corrected chi connectivity index (χ3v) is 7.49. The molecule has 0 atom stereocenters. The van der Waals surface area contributed by atoms with Gasteiger partial charge in [-0.3, -0.25) is 13.8 Å². The Bertz CT molecular complexity index is 1480. The maximum absolute atomic E-state index is 13.6. The number of nitrogens with one attached hydrogen (secondary N) is 2. The normalized spacial score (nSPS) is 11.7. The van der Waals surface area contributed by atoms with Crippen LogP contribution in [0.25, 0.3) is 0 Å². The van der Waals surface area contributed by atoms with E-state index in [0.717, 1.165) is 29.5 Å². The number of hydrogen-bond donors (Lipinski definition) is 2. The first-order chi connectivity index (χ1) is 16.3. The summed E-state index contributed by atoms with van der Waals surface area (Å²) in [5.41, 5.74) is 2.07. The molecule has 0 radical (unpaired) electrons. The highest BCUT2D eigenvalue weighted by Gasteiger charge is 2.22. The maximum Gasteiger partial charge on any atom is 0.261 e. The molecule has 0 aliphatic carbocycles. The summed E-state index contributed by atoms with van der Waals surface area (Å²) >= 11 is 0. The zero-order valence-electron chi connectivity index (χ0n) is 19.0. The summed E-state index contributed by atoms with van der Waals surface area (Å²) in [5, 5.41) is 2.46. The molecular weight excluding hydrogens is 500 g/mol. The van der Waals surface area contributed by atoms with Gasteiger partial charge in [-0.15, -0.1) is 0 Å². The molecule has 0 saturated heterocycles. The molecule has 186 valence electrons. The van der Waals surface area contributed by atoms with Gasteiger partial charge in [-0.25, -0.2) is 25.6 Å². The van der Waals surface area contributed by atoms with E-state index in [9.17, 15) is 30.4 Å². The number of benzene rings is 3. The summed E-state index contributed by atoms with van der Waals surface area (Å²) in [7, 11) is -7.90. The first-order valence-corrected chi connectivity index (χ1v) is 13.5. The number of anilines is 3. The van der Waals surface area contributed by atoms with E-state index >= 15 is 0 Å². The Balaban J connectivity index is 1.74. The van der Waals surface area contributed by atoms with Crippen LogP contribution in [-0.4, -0.2) is 35.5 Å². The summed E-state index contributed by atoms with van der Waals surface area (Å²) in [6.45, 7) is 2.90. The molecule has 0 saturated carbocycles. The summed E-state index contributed by atoms with van der Waals surface area (Å²) in [6, 6.07) is 13.1. The van der Waals surface area contributed by atoms with Crippen molar-refractivity contribution in [3.05, 3.63) is 83.4 Å². The molecule has 2 N–H and O–H groups in total. The third kappa shape index (κ3) is 6.55. The Labute approximate surface area is 202 Å². The molecule has 0 unspecified atom stereocenters. The van der Waals surface area contributed by atoms with Gasteiger partial charge in [0.05, 0.1) is 22.5 Å². The van der Waals surface area contributed by atoms with E-state index in [-0.39, 0.29) is 16.3 Å². The van der Waals surface area contributed by atoms with E-state index in [0.29, 0.717) is 16.1 Å². The van der Waals surface area contributed by atoms with Gasteiger partial charge in [0.1, 0.15) is 6.54 Å². The van der Waals surface area contributed by atoms with E-state index < -0.39 is 44.1 Å². The average Bonchev–Trinajstić information content (AvgIpc) is 2.76. The lowest BCUT2D eigenvalue weighted by atomic mass is 10.1. The molecule has 8 nitrogen and oxygen atoms in total. The minimum atomic E-state index is -4.00. The number of halogens is 2. The number of hydrogen-bond acceptors (Lipinski definition) is 5. The second-order valence-corrected chi connectivity index (χ2v) is 11.5. The lowest BCUT2D eigenvalue weighted by Crippen LogP contribution is -2.37. The fourth-order valence-corrected chi connectivity index (χ4v) is 5.11. The number of amides is 1. The summed E-state index contributed by atoms with van der Waals surface area (Å²) in [6.07, 6.45) is 0.824. The monoisotopic (exact) mass is 523 g/mol. The molecule has 0 aromatic heterocycles. The molecule has 3 rings (SSSR count). The highest BCUT2D eigenvalue weighted by molar-refractivity contribution is 7.92. The zero-order valence-corrected chi connectivity index (χ0v) is 20.7. The molecule has 1 amide bonds. The maximum atomic E-state index is 13.6. The number of aryl methyl sites for hydroxylation is 2. The van der Waals surface area contributed by atoms with Crippen LogP contribution in [0.3, 0.4) is 0 Å². The topological polar surface area (TPSA) is 113 Å². The standard InChI is InChI=1S/C23H23F2N3O5S2/c1-15-4-5-16(2)22(12-15)27-35(32,33)19-9-6-17(7-10-19)26-23(29)14-28(34(3,30)31)18-8-11-20(24)21(25)13-18/h4-13,27H,14H2,1-3H3,(H,26,29). The van der Waals surface area contributed by atoms with Crippen molar-refractivity contribution in [2.75, 3.05) is 27.1 Å². The van der Waals surface area contributed by atoms with E-state index in [2.05, 4.69) is 10.0 Å². The van der Waals surface area contributed by atoms with Gasteiger partial charge in [0.15, 0.2) is 11.6 Å². The second-order valence-electron chi connectivity index (χ2n) is 7.86.